The maximum absolute atomic E-state index is 13.6. The number of amides is 1. The molecule has 0 aliphatic rings. The Hall–Kier alpha value is -2.48. The second-order valence-corrected chi connectivity index (χ2v) is 5.03. The molecule has 0 aliphatic carbocycles. The minimum atomic E-state index is -0.814. The van der Waals surface area contributed by atoms with Crippen molar-refractivity contribution in [3.63, 3.8) is 0 Å². The topological polar surface area (TPSA) is 98.3 Å². The molecule has 0 saturated heterocycles. The van der Waals surface area contributed by atoms with Crippen LogP contribution in [0.1, 0.15) is 10.4 Å². The summed E-state index contributed by atoms with van der Waals surface area (Å²) in [6.45, 7) is 0. The Balaban J connectivity index is 2.39. The summed E-state index contributed by atoms with van der Waals surface area (Å²) in [6.07, 6.45) is 0. The van der Waals surface area contributed by atoms with Crippen LogP contribution >= 0.6 is 15.9 Å². The van der Waals surface area contributed by atoms with Crippen LogP contribution in [-0.4, -0.2) is 10.8 Å². The van der Waals surface area contributed by atoms with Crippen molar-refractivity contribution in [1.82, 2.24) is 0 Å². The third kappa shape index (κ3) is 3.34. The monoisotopic (exact) mass is 353 g/mol. The van der Waals surface area contributed by atoms with Crippen molar-refractivity contribution < 1.29 is 14.1 Å². The molecule has 1 amide bonds. The zero-order valence-electron chi connectivity index (χ0n) is 10.5. The fourth-order valence-electron chi connectivity index (χ4n) is 1.68. The van der Waals surface area contributed by atoms with Crippen LogP contribution in [0.15, 0.2) is 40.9 Å². The number of anilines is 2. The van der Waals surface area contributed by atoms with Gasteiger partial charge in [-0.05, 0) is 30.3 Å². The number of carbonyl (C=O) groups is 1. The Labute approximate surface area is 127 Å². The smallest absolute Gasteiger partial charge is 0.282 e. The summed E-state index contributed by atoms with van der Waals surface area (Å²) in [5, 5.41) is 13.2. The summed E-state index contributed by atoms with van der Waals surface area (Å²) >= 11 is 3.15. The lowest BCUT2D eigenvalue weighted by molar-refractivity contribution is -0.385. The SMILES string of the molecule is Nc1ccc([N+](=O)[O-])c(C(=O)Nc2cc(Br)ccc2F)c1. The average Bonchev–Trinajstić information content (AvgIpc) is 2.42. The van der Waals surface area contributed by atoms with Crippen molar-refractivity contribution >= 4 is 38.9 Å². The number of benzene rings is 2. The van der Waals surface area contributed by atoms with Gasteiger partial charge in [-0.25, -0.2) is 4.39 Å². The summed E-state index contributed by atoms with van der Waals surface area (Å²) in [7, 11) is 0. The minimum Gasteiger partial charge on any atom is -0.399 e. The first-order chi connectivity index (χ1) is 9.88. The van der Waals surface area contributed by atoms with Crippen LogP contribution in [0.5, 0.6) is 0 Å². The van der Waals surface area contributed by atoms with Crippen molar-refractivity contribution in [2.24, 2.45) is 0 Å². The molecule has 21 heavy (non-hydrogen) atoms. The number of carbonyl (C=O) groups excluding carboxylic acids is 1. The van der Waals surface area contributed by atoms with Crippen molar-refractivity contribution in [2.75, 3.05) is 11.1 Å². The van der Waals surface area contributed by atoms with Gasteiger partial charge in [0.2, 0.25) is 0 Å². The number of nitrogens with two attached hydrogens (primary N) is 1. The molecule has 8 heteroatoms. The molecule has 0 saturated carbocycles. The van der Waals surface area contributed by atoms with Gasteiger partial charge in [0.05, 0.1) is 10.6 Å². The molecule has 2 rings (SSSR count). The normalized spacial score (nSPS) is 10.2. The van der Waals surface area contributed by atoms with E-state index >= 15 is 0 Å². The van der Waals surface area contributed by atoms with Crippen molar-refractivity contribution in [3.8, 4) is 0 Å². The van der Waals surface area contributed by atoms with Gasteiger partial charge in [-0.3, -0.25) is 14.9 Å². The third-order valence-corrected chi connectivity index (χ3v) is 3.13. The molecular formula is C13H9BrFN3O3. The predicted molar refractivity (Wildman–Crippen MR) is 79.6 cm³/mol. The number of nitrogens with zero attached hydrogens (tertiary/aromatic N) is 1. The number of hydrogen-bond donors (Lipinski definition) is 2. The van der Waals surface area contributed by atoms with E-state index < -0.39 is 22.3 Å². The van der Waals surface area contributed by atoms with E-state index in [2.05, 4.69) is 21.2 Å². The highest BCUT2D eigenvalue weighted by molar-refractivity contribution is 9.10. The van der Waals surface area contributed by atoms with Crippen molar-refractivity contribution in [1.29, 1.82) is 0 Å². The number of nitro groups is 1. The number of nitro benzene ring substituents is 1. The standard InChI is InChI=1S/C13H9BrFN3O3/c14-7-1-3-10(15)11(5-7)17-13(19)9-6-8(16)2-4-12(9)18(20)21/h1-6H,16H2,(H,17,19). The molecule has 0 heterocycles. The number of nitrogen functional groups attached to an aromatic ring is 1. The van der Waals surface area contributed by atoms with E-state index in [9.17, 15) is 19.3 Å². The van der Waals surface area contributed by atoms with E-state index in [0.29, 0.717) is 4.47 Å². The highest BCUT2D eigenvalue weighted by Gasteiger charge is 2.21. The number of halogens is 2. The maximum atomic E-state index is 13.6. The summed E-state index contributed by atoms with van der Waals surface area (Å²) in [6, 6.07) is 7.59. The van der Waals surface area contributed by atoms with E-state index in [-0.39, 0.29) is 16.9 Å². The minimum absolute atomic E-state index is 0.0916. The zero-order valence-corrected chi connectivity index (χ0v) is 12.1. The van der Waals surface area contributed by atoms with Crippen molar-refractivity contribution in [2.45, 2.75) is 0 Å². The molecule has 0 fully saturated rings. The molecule has 108 valence electrons. The van der Waals surface area contributed by atoms with Crippen LogP contribution in [0.2, 0.25) is 0 Å². The lowest BCUT2D eigenvalue weighted by atomic mass is 10.1. The zero-order chi connectivity index (χ0) is 15.6. The van der Waals surface area contributed by atoms with Gasteiger partial charge in [-0.15, -0.1) is 0 Å². The van der Waals surface area contributed by atoms with Crippen LogP contribution in [0.4, 0.5) is 21.5 Å². The quantitative estimate of drug-likeness (QED) is 0.502. The van der Waals surface area contributed by atoms with E-state index in [1.807, 2.05) is 0 Å². The average molecular weight is 354 g/mol. The molecule has 6 nitrogen and oxygen atoms in total. The Morgan fingerprint density at radius 1 is 1.29 bits per heavy atom. The van der Waals surface area contributed by atoms with Crippen LogP contribution in [0.3, 0.4) is 0 Å². The van der Waals surface area contributed by atoms with E-state index in [0.717, 1.165) is 12.1 Å². The maximum Gasteiger partial charge on any atom is 0.282 e. The van der Waals surface area contributed by atoms with Gasteiger partial charge in [0.25, 0.3) is 11.6 Å². The summed E-state index contributed by atoms with van der Waals surface area (Å²) < 4.78 is 14.1. The second kappa shape index (κ2) is 5.88. The first-order valence-electron chi connectivity index (χ1n) is 5.69. The molecule has 3 N–H and O–H groups in total. The van der Waals surface area contributed by atoms with Gasteiger partial charge < -0.3 is 11.1 Å². The third-order valence-electron chi connectivity index (χ3n) is 2.64. The molecule has 0 spiro atoms. The number of hydrogen-bond acceptors (Lipinski definition) is 4. The van der Waals surface area contributed by atoms with E-state index in [1.54, 1.807) is 0 Å². The molecule has 2 aromatic carbocycles. The molecule has 2 aromatic rings. The Morgan fingerprint density at radius 2 is 2.00 bits per heavy atom. The van der Waals surface area contributed by atoms with E-state index in [4.69, 9.17) is 5.73 Å². The molecular weight excluding hydrogens is 345 g/mol. The largest absolute Gasteiger partial charge is 0.399 e. The lowest BCUT2D eigenvalue weighted by Gasteiger charge is -2.08. The van der Waals surface area contributed by atoms with Crippen LogP contribution in [0.25, 0.3) is 0 Å². The fraction of sp³-hybridized carbons (Fsp3) is 0. The van der Waals surface area contributed by atoms with Gasteiger partial charge in [0.1, 0.15) is 11.4 Å². The first-order valence-corrected chi connectivity index (χ1v) is 6.48. The van der Waals surface area contributed by atoms with Gasteiger partial charge in [0, 0.05) is 16.2 Å². The van der Waals surface area contributed by atoms with Crippen LogP contribution in [0, 0.1) is 15.9 Å². The molecule has 0 aliphatic heterocycles. The number of rotatable bonds is 3. The van der Waals surface area contributed by atoms with Crippen LogP contribution < -0.4 is 11.1 Å². The summed E-state index contributed by atoms with van der Waals surface area (Å²) in [5.41, 5.74) is 4.99. The van der Waals surface area contributed by atoms with Gasteiger partial charge in [-0.1, -0.05) is 15.9 Å². The van der Waals surface area contributed by atoms with Crippen LogP contribution in [-0.2, 0) is 0 Å². The molecule has 0 unspecified atom stereocenters. The van der Waals surface area contributed by atoms with E-state index in [1.165, 1.54) is 24.3 Å². The Bertz CT molecular complexity index is 737. The Morgan fingerprint density at radius 3 is 2.67 bits per heavy atom. The van der Waals surface area contributed by atoms with Gasteiger partial charge in [-0.2, -0.15) is 0 Å². The molecule has 0 atom stereocenters. The predicted octanol–water partition coefficient (Wildman–Crippen LogP) is 3.33. The molecule has 0 bridgehead atoms. The molecule has 0 radical (unpaired) electrons. The highest BCUT2D eigenvalue weighted by atomic mass is 79.9. The number of nitrogens with one attached hydrogen (secondary N) is 1. The summed E-state index contributed by atoms with van der Waals surface area (Å²) in [4.78, 5) is 22.3. The lowest BCUT2D eigenvalue weighted by Crippen LogP contribution is -2.15. The molecule has 0 aromatic heterocycles. The van der Waals surface area contributed by atoms with Gasteiger partial charge in [0.15, 0.2) is 0 Å². The Kier molecular flexibility index (Phi) is 4.18. The van der Waals surface area contributed by atoms with Gasteiger partial charge >= 0.3 is 0 Å². The summed E-state index contributed by atoms with van der Waals surface area (Å²) in [5.74, 6) is -1.47. The fourth-order valence-corrected chi connectivity index (χ4v) is 2.04. The highest BCUT2D eigenvalue weighted by Crippen LogP contribution is 2.24. The first kappa shape index (κ1) is 14.9. The van der Waals surface area contributed by atoms with Crippen molar-refractivity contribution in [3.05, 3.63) is 62.4 Å². The second-order valence-electron chi connectivity index (χ2n) is 4.11.